The summed E-state index contributed by atoms with van der Waals surface area (Å²) >= 11 is 0. The Balaban J connectivity index is 1.15. The molecule has 4 saturated carbocycles. The number of hydrogen-bond donors (Lipinski definition) is 1. The van der Waals surface area contributed by atoms with Crippen molar-refractivity contribution in [2.75, 3.05) is 39.4 Å². The lowest BCUT2D eigenvalue weighted by Gasteiger charge is -2.57. The molecule has 1 N–H and O–H groups in total. The molecule has 33 heavy (non-hydrogen) atoms. The average Bonchev–Trinajstić information content (AvgIpc) is 2.82. The van der Waals surface area contributed by atoms with Gasteiger partial charge in [0.05, 0.1) is 24.7 Å². The third-order valence-corrected chi connectivity index (χ3v) is 10.3. The number of carbonyl (C=O) groups is 1. The zero-order chi connectivity index (χ0) is 23.0. The Bertz CT molecular complexity index is 915. The predicted molar refractivity (Wildman–Crippen MR) is 126 cm³/mol. The zero-order valence-electron chi connectivity index (χ0n) is 19.6. The highest BCUT2D eigenvalue weighted by Crippen LogP contribution is 2.55. The van der Waals surface area contributed by atoms with Crippen LogP contribution < -0.4 is 5.32 Å². The van der Waals surface area contributed by atoms with Gasteiger partial charge in [-0.25, -0.2) is 8.42 Å². The molecule has 5 fully saturated rings. The van der Waals surface area contributed by atoms with Gasteiger partial charge in [-0.1, -0.05) is 19.1 Å². The van der Waals surface area contributed by atoms with Crippen LogP contribution in [-0.4, -0.2) is 69.0 Å². The quantitative estimate of drug-likeness (QED) is 0.625. The lowest BCUT2D eigenvalue weighted by Crippen LogP contribution is -2.57. The van der Waals surface area contributed by atoms with Crippen LogP contribution in [0.2, 0.25) is 0 Å². The van der Waals surface area contributed by atoms with E-state index in [1.54, 1.807) is 24.3 Å². The number of nitrogens with zero attached hydrogens (tertiary/aromatic N) is 2. The highest BCUT2D eigenvalue weighted by Gasteiger charge is 2.49. The topological polar surface area (TPSA) is 79.0 Å². The molecule has 6 rings (SSSR count). The molecule has 4 bridgehead atoms. The molecule has 4 aliphatic carbocycles. The van der Waals surface area contributed by atoms with Crippen LogP contribution in [0.25, 0.3) is 0 Å². The summed E-state index contributed by atoms with van der Waals surface area (Å²) in [5.74, 6) is 3.47. The smallest absolute Gasteiger partial charge is 0.243 e. The number of hydrogen-bond acceptors (Lipinski definition) is 5. The van der Waals surface area contributed by atoms with Crippen LogP contribution in [0.4, 0.5) is 0 Å². The van der Waals surface area contributed by atoms with E-state index in [1.807, 2.05) is 0 Å². The molecule has 1 heterocycles. The molecule has 1 aliphatic heterocycles. The zero-order valence-corrected chi connectivity index (χ0v) is 20.4. The molecule has 1 aromatic rings. The minimum absolute atomic E-state index is 0.0515. The van der Waals surface area contributed by atoms with Crippen molar-refractivity contribution in [2.24, 2.45) is 23.7 Å². The first-order valence-corrected chi connectivity index (χ1v) is 14.1. The number of morpholine rings is 1. The summed E-state index contributed by atoms with van der Waals surface area (Å²) in [6.45, 7) is 5.59. The van der Waals surface area contributed by atoms with Crippen LogP contribution in [0.5, 0.6) is 0 Å². The Kier molecular flexibility index (Phi) is 6.80. The lowest BCUT2D eigenvalue weighted by molar-refractivity contribution is -0.126. The van der Waals surface area contributed by atoms with Crippen molar-refractivity contribution in [2.45, 2.75) is 56.5 Å². The Morgan fingerprint density at radius 2 is 1.64 bits per heavy atom. The number of likely N-dealkylation sites (N-methyl/N-ethyl adjacent to an activating group) is 1. The van der Waals surface area contributed by atoms with Gasteiger partial charge in [0, 0.05) is 25.7 Å². The lowest BCUT2D eigenvalue weighted by atomic mass is 9.54. The van der Waals surface area contributed by atoms with Gasteiger partial charge in [0.1, 0.15) is 0 Å². The standard InChI is InChI=1S/C25H37N3O4S/c1-2-27(25-21-12-19-11-20(14-21)15-22(25)13-19)17-24(29)26-16-18-3-5-23(6-4-18)33(30,31)28-7-9-32-10-8-28/h3-6,19-22,25H,2,7-17H2,1H3,(H,26,29). The Hall–Kier alpha value is -1.48. The maximum absolute atomic E-state index is 12.8. The molecule has 1 saturated heterocycles. The van der Waals surface area contributed by atoms with Gasteiger partial charge in [-0.3, -0.25) is 9.69 Å². The number of nitrogens with one attached hydrogen (secondary N) is 1. The Morgan fingerprint density at radius 3 is 2.21 bits per heavy atom. The summed E-state index contributed by atoms with van der Waals surface area (Å²) in [6.07, 6.45) is 6.87. The normalized spacial score (nSPS) is 31.8. The van der Waals surface area contributed by atoms with Crippen molar-refractivity contribution in [1.29, 1.82) is 0 Å². The predicted octanol–water partition coefficient (Wildman–Crippen LogP) is 2.47. The maximum atomic E-state index is 12.8. The molecule has 5 aliphatic rings. The van der Waals surface area contributed by atoms with Gasteiger partial charge in [-0.05, 0) is 80.0 Å². The third kappa shape index (κ3) is 4.85. The Morgan fingerprint density at radius 1 is 1.03 bits per heavy atom. The monoisotopic (exact) mass is 475 g/mol. The fourth-order valence-electron chi connectivity index (χ4n) is 7.08. The van der Waals surface area contributed by atoms with Crippen LogP contribution in [-0.2, 0) is 26.1 Å². The molecule has 8 heteroatoms. The number of rotatable bonds is 8. The van der Waals surface area contributed by atoms with Crippen molar-refractivity contribution in [3.05, 3.63) is 29.8 Å². The summed E-state index contributed by atoms with van der Waals surface area (Å²) in [6, 6.07) is 7.43. The first kappa shape index (κ1) is 23.3. The van der Waals surface area contributed by atoms with E-state index < -0.39 is 10.0 Å². The number of ether oxygens (including phenoxy) is 1. The second kappa shape index (κ2) is 9.64. The highest BCUT2D eigenvalue weighted by molar-refractivity contribution is 7.89. The second-order valence-corrected chi connectivity index (χ2v) is 12.4. The summed E-state index contributed by atoms with van der Waals surface area (Å²) in [7, 11) is -3.49. The molecule has 1 amide bonds. The largest absolute Gasteiger partial charge is 0.379 e. The van der Waals surface area contributed by atoms with E-state index in [2.05, 4.69) is 17.1 Å². The van der Waals surface area contributed by atoms with Crippen molar-refractivity contribution in [3.8, 4) is 0 Å². The Labute approximate surface area is 197 Å². The van der Waals surface area contributed by atoms with Gasteiger partial charge in [0.15, 0.2) is 0 Å². The van der Waals surface area contributed by atoms with Gasteiger partial charge in [0.2, 0.25) is 15.9 Å². The van der Waals surface area contributed by atoms with Crippen molar-refractivity contribution >= 4 is 15.9 Å². The van der Waals surface area contributed by atoms with E-state index >= 15 is 0 Å². The second-order valence-electron chi connectivity index (χ2n) is 10.4. The van der Waals surface area contributed by atoms with Crippen molar-refractivity contribution in [3.63, 3.8) is 0 Å². The molecular formula is C25H37N3O4S. The van der Waals surface area contributed by atoms with E-state index in [4.69, 9.17) is 4.74 Å². The molecule has 0 aromatic heterocycles. The molecule has 0 spiro atoms. The number of benzene rings is 1. The van der Waals surface area contributed by atoms with Gasteiger partial charge < -0.3 is 10.1 Å². The molecular weight excluding hydrogens is 438 g/mol. The van der Waals surface area contributed by atoms with Crippen LogP contribution >= 0.6 is 0 Å². The summed E-state index contributed by atoms with van der Waals surface area (Å²) in [5.41, 5.74) is 0.905. The van der Waals surface area contributed by atoms with Gasteiger partial charge >= 0.3 is 0 Å². The van der Waals surface area contributed by atoms with Gasteiger partial charge in [-0.2, -0.15) is 4.31 Å². The minimum Gasteiger partial charge on any atom is -0.379 e. The van der Waals surface area contributed by atoms with Crippen LogP contribution in [0.3, 0.4) is 0 Å². The highest BCUT2D eigenvalue weighted by atomic mass is 32.2. The fourth-order valence-corrected chi connectivity index (χ4v) is 8.48. The molecule has 7 nitrogen and oxygen atoms in total. The summed E-state index contributed by atoms with van der Waals surface area (Å²) < 4.78 is 32.3. The minimum atomic E-state index is -3.49. The number of amides is 1. The molecule has 0 unspecified atom stereocenters. The molecule has 0 atom stereocenters. The summed E-state index contributed by atoms with van der Waals surface area (Å²) in [4.78, 5) is 15.5. The van der Waals surface area contributed by atoms with E-state index in [0.717, 1.165) is 35.8 Å². The maximum Gasteiger partial charge on any atom is 0.243 e. The van der Waals surface area contributed by atoms with Gasteiger partial charge in [0.25, 0.3) is 0 Å². The third-order valence-electron chi connectivity index (χ3n) is 8.37. The first-order chi connectivity index (χ1) is 15.9. The van der Waals surface area contributed by atoms with Gasteiger partial charge in [-0.15, -0.1) is 0 Å². The molecule has 0 radical (unpaired) electrons. The van der Waals surface area contributed by atoms with E-state index in [0.29, 0.717) is 50.3 Å². The van der Waals surface area contributed by atoms with Crippen LogP contribution in [0.1, 0.15) is 44.6 Å². The van der Waals surface area contributed by atoms with E-state index in [-0.39, 0.29) is 5.91 Å². The van der Waals surface area contributed by atoms with Crippen LogP contribution in [0, 0.1) is 23.7 Å². The number of carbonyl (C=O) groups excluding carboxylic acids is 1. The average molecular weight is 476 g/mol. The van der Waals surface area contributed by atoms with Crippen LogP contribution in [0.15, 0.2) is 29.2 Å². The fraction of sp³-hybridized carbons (Fsp3) is 0.720. The van der Waals surface area contributed by atoms with E-state index in [1.165, 1.54) is 36.4 Å². The summed E-state index contributed by atoms with van der Waals surface area (Å²) in [5, 5.41) is 3.05. The molecule has 182 valence electrons. The number of sulfonamides is 1. The van der Waals surface area contributed by atoms with Crippen molar-refractivity contribution < 1.29 is 17.9 Å². The molecule has 1 aromatic carbocycles. The SMILES string of the molecule is CCN(CC(=O)NCc1ccc(S(=O)(=O)N2CCOCC2)cc1)C1C2CC3CC(C2)CC1C3. The van der Waals surface area contributed by atoms with Crippen molar-refractivity contribution in [1.82, 2.24) is 14.5 Å². The van der Waals surface area contributed by atoms with E-state index in [9.17, 15) is 13.2 Å². The first-order valence-electron chi connectivity index (χ1n) is 12.6.